The van der Waals surface area contributed by atoms with Gasteiger partial charge in [-0.15, -0.1) is 12.4 Å². The molecule has 0 aliphatic heterocycles. The molecule has 0 spiro atoms. The topological polar surface area (TPSA) is 73.6 Å². The Morgan fingerprint density at radius 2 is 2.12 bits per heavy atom. The van der Waals surface area contributed by atoms with Gasteiger partial charge in [0.15, 0.2) is 0 Å². The van der Waals surface area contributed by atoms with Crippen LogP contribution in [0.1, 0.15) is 27.2 Å². The van der Waals surface area contributed by atoms with Crippen molar-refractivity contribution in [2.75, 3.05) is 11.9 Å². The standard InChI is InChI=1S/C16H21ClF2N2O3.ClH/c1-4-23-12-8-16(20,15(12,2)3)13(22)21-9-5-6-11(10(17)7-9)24-14(18)19;/h5-7,12,14H,4,8,20H2,1-3H3,(H,21,22);1H. The predicted octanol–water partition coefficient (Wildman–Crippen LogP) is 3.83. The van der Waals surface area contributed by atoms with E-state index < -0.39 is 17.6 Å². The zero-order valence-corrected chi connectivity index (χ0v) is 15.7. The fraction of sp³-hybridized carbons (Fsp3) is 0.562. The number of alkyl halides is 2. The van der Waals surface area contributed by atoms with E-state index in [0.29, 0.717) is 18.7 Å². The molecule has 1 aromatic rings. The summed E-state index contributed by atoms with van der Waals surface area (Å²) in [5, 5.41) is 2.65. The minimum atomic E-state index is -2.97. The van der Waals surface area contributed by atoms with Gasteiger partial charge in [0.1, 0.15) is 11.3 Å². The quantitative estimate of drug-likeness (QED) is 0.763. The third-order valence-electron chi connectivity index (χ3n) is 4.64. The van der Waals surface area contributed by atoms with Gasteiger partial charge in [-0.2, -0.15) is 8.78 Å². The van der Waals surface area contributed by atoms with E-state index in [-0.39, 0.29) is 35.2 Å². The van der Waals surface area contributed by atoms with Crippen LogP contribution in [-0.2, 0) is 9.53 Å². The van der Waals surface area contributed by atoms with Crippen molar-refractivity contribution in [3.05, 3.63) is 23.2 Å². The minimum absolute atomic E-state index is 0. The van der Waals surface area contributed by atoms with E-state index in [9.17, 15) is 13.6 Å². The Hall–Kier alpha value is -1.15. The molecular weight excluding hydrogens is 377 g/mol. The molecule has 2 atom stereocenters. The number of hydrogen-bond acceptors (Lipinski definition) is 4. The number of halogens is 4. The van der Waals surface area contributed by atoms with Crippen LogP contribution in [0.4, 0.5) is 14.5 Å². The van der Waals surface area contributed by atoms with Crippen molar-refractivity contribution in [3.8, 4) is 5.75 Å². The second-order valence-electron chi connectivity index (χ2n) is 6.32. The fourth-order valence-electron chi connectivity index (χ4n) is 2.83. The molecule has 142 valence electrons. The number of nitrogens with one attached hydrogen (secondary N) is 1. The van der Waals surface area contributed by atoms with Crippen LogP contribution in [0.25, 0.3) is 0 Å². The molecule has 0 heterocycles. The molecule has 9 heteroatoms. The summed E-state index contributed by atoms with van der Waals surface area (Å²) in [7, 11) is 0. The third-order valence-corrected chi connectivity index (χ3v) is 4.94. The SMILES string of the molecule is CCOC1CC(N)(C(=O)Nc2ccc(OC(F)F)c(Cl)c2)C1(C)C.Cl. The van der Waals surface area contributed by atoms with Crippen LogP contribution in [0, 0.1) is 5.41 Å². The number of amides is 1. The van der Waals surface area contributed by atoms with E-state index in [0.717, 1.165) is 0 Å². The number of anilines is 1. The Labute approximate surface area is 156 Å². The maximum absolute atomic E-state index is 12.6. The molecule has 1 fully saturated rings. The summed E-state index contributed by atoms with van der Waals surface area (Å²) in [5.41, 5.74) is 5.01. The van der Waals surface area contributed by atoms with E-state index in [1.54, 1.807) is 0 Å². The Morgan fingerprint density at radius 3 is 2.60 bits per heavy atom. The number of benzene rings is 1. The lowest BCUT2D eigenvalue weighted by atomic mass is 9.54. The molecule has 5 nitrogen and oxygen atoms in total. The second-order valence-corrected chi connectivity index (χ2v) is 6.73. The van der Waals surface area contributed by atoms with Gasteiger partial charge in [0, 0.05) is 24.1 Å². The maximum atomic E-state index is 12.6. The van der Waals surface area contributed by atoms with Crippen LogP contribution < -0.4 is 15.8 Å². The number of nitrogens with two attached hydrogens (primary N) is 1. The molecule has 1 aliphatic carbocycles. The first-order chi connectivity index (χ1) is 11.1. The van der Waals surface area contributed by atoms with E-state index in [2.05, 4.69) is 10.1 Å². The van der Waals surface area contributed by atoms with Crippen LogP contribution in [0.15, 0.2) is 18.2 Å². The Kier molecular flexibility index (Phi) is 7.03. The first kappa shape index (κ1) is 21.9. The lowest BCUT2D eigenvalue weighted by molar-refractivity contribution is -0.166. The summed E-state index contributed by atoms with van der Waals surface area (Å²) >= 11 is 5.88. The highest BCUT2D eigenvalue weighted by Gasteiger charge is 2.62. The maximum Gasteiger partial charge on any atom is 0.387 e. The normalized spacial score (nSPS) is 24.2. The van der Waals surface area contributed by atoms with Crippen LogP contribution in [0.2, 0.25) is 5.02 Å². The molecule has 25 heavy (non-hydrogen) atoms. The largest absolute Gasteiger partial charge is 0.433 e. The van der Waals surface area contributed by atoms with Gasteiger partial charge in [0.2, 0.25) is 5.91 Å². The monoisotopic (exact) mass is 398 g/mol. The van der Waals surface area contributed by atoms with Crippen molar-refractivity contribution >= 4 is 35.6 Å². The van der Waals surface area contributed by atoms with Crippen molar-refractivity contribution in [2.24, 2.45) is 11.1 Å². The second kappa shape index (κ2) is 8.03. The van der Waals surface area contributed by atoms with Crippen molar-refractivity contribution in [1.29, 1.82) is 0 Å². The summed E-state index contributed by atoms with van der Waals surface area (Å²) in [6.07, 6.45) is 0.309. The zero-order chi connectivity index (χ0) is 18.1. The highest BCUT2D eigenvalue weighted by Crippen LogP contribution is 2.50. The van der Waals surface area contributed by atoms with Crippen molar-refractivity contribution in [2.45, 2.75) is 45.4 Å². The Bertz CT molecular complexity index is 631. The van der Waals surface area contributed by atoms with E-state index in [4.69, 9.17) is 22.1 Å². The van der Waals surface area contributed by atoms with Gasteiger partial charge < -0.3 is 20.5 Å². The van der Waals surface area contributed by atoms with E-state index >= 15 is 0 Å². The van der Waals surface area contributed by atoms with Crippen LogP contribution in [0.5, 0.6) is 5.75 Å². The zero-order valence-electron chi connectivity index (χ0n) is 14.1. The number of hydrogen-bond donors (Lipinski definition) is 2. The van der Waals surface area contributed by atoms with Crippen LogP contribution in [0.3, 0.4) is 0 Å². The summed E-state index contributed by atoms with van der Waals surface area (Å²) < 4.78 is 34.3. The highest BCUT2D eigenvalue weighted by atomic mass is 35.5. The fourth-order valence-corrected chi connectivity index (χ4v) is 3.06. The molecule has 1 saturated carbocycles. The predicted molar refractivity (Wildman–Crippen MR) is 94.7 cm³/mol. The lowest BCUT2D eigenvalue weighted by Crippen LogP contribution is -2.74. The molecule has 1 amide bonds. The molecule has 2 rings (SSSR count). The summed E-state index contributed by atoms with van der Waals surface area (Å²) in [6.45, 7) is 3.22. The molecule has 3 N–H and O–H groups in total. The molecule has 2 unspecified atom stereocenters. The first-order valence-electron chi connectivity index (χ1n) is 7.58. The minimum Gasteiger partial charge on any atom is -0.433 e. The molecule has 0 aromatic heterocycles. The van der Waals surface area contributed by atoms with Gasteiger partial charge in [0.05, 0.1) is 11.1 Å². The number of rotatable bonds is 6. The molecule has 1 aliphatic rings. The number of carbonyl (C=O) groups is 1. The summed E-state index contributed by atoms with van der Waals surface area (Å²) in [5.74, 6) is -0.533. The van der Waals surface area contributed by atoms with Gasteiger partial charge in [-0.1, -0.05) is 25.4 Å². The molecule has 0 bridgehead atoms. The van der Waals surface area contributed by atoms with E-state index in [1.807, 2.05) is 20.8 Å². The molecule has 0 radical (unpaired) electrons. The van der Waals surface area contributed by atoms with Gasteiger partial charge in [-0.05, 0) is 25.1 Å². The van der Waals surface area contributed by atoms with Gasteiger partial charge in [0.25, 0.3) is 0 Å². The summed E-state index contributed by atoms with van der Waals surface area (Å²) in [4.78, 5) is 12.6. The number of ether oxygens (including phenoxy) is 2. The van der Waals surface area contributed by atoms with Crippen LogP contribution in [-0.4, -0.2) is 30.8 Å². The van der Waals surface area contributed by atoms with Gasteiger partial charge in [-0.25, -0.2) is 0 Å². The molecule has 0 saturated heterocycles. The first-order valence-corrected chi connectivity index (χ1v) is 7.96. The smallest absolute Gasteiger partial charge is 0.387 e. The van der Waals surface area contributed by atoms with Gasteiger partial charge >= 0.3 is 6.61 Å². The summed E-state index contributed by atoms with van der Waals surface area (Å²) in [6, 6.07) is 4.03. The molecule has 1 aromatic carbocycles. The highest BCUT2D eigenvalue weighted by molar-refractivity contribution is 6.32. The van der Waals surface area contributed by atoms with Crippen molar-refractivity contribution < 1.29 is 23.0 Å². The average Bonchev–Trinajstić information content (AvgIpc) is 2.49. The Balaban J connectivity index is 0.00000312. The lowest BCUT2D eigenvalue weighted by Gasteiger charge is -2.57. The molecular formula is C16H22Cl2F2N2O3. The van der Waals surface area contributed by atoms with Crippen molar-refractivity contribution in [1.82, 2.24) is 0 Å². The van der Waals surface area contributed by atoms with Crippen molar-refractivity contribution in [3.63, 3.8) is 0 Å². The average molecular weight is 399 g/mol. The van der Waals surface area contributed by atoms with E-state index in [1.165, 1.54) is 18.2 Å². The third kappa shape index (κ3) is 4.16. The van der Waals surface area contributed by atoms with Gasteiger partial charge in [-0.3, -0.25) is 4.79 Å². The Morgan fingerprint density at radius 1 is 1.48 bits per heavy atom. The number of carbonyl (C=O) groups excluding carboxylic acids is 1. The van der Waals surface area contributed by atoms with Crippen LogP contribution >= 0.6 is 24.0 Å².